The smallest absolute Gasteiger partial charge is 0.315 e. The molecule has 2 amide bonds. The second-order valence-electron chi connectivity index (χ2n) is 6.56. The Morgan fingerprint density at radius 1 is 1.50 bits per heavy atom. The number of nitrogens with zero attached hydrogens (tertiary/aromatic N) is 1. The van der Waals surface area contributed by atoms with Crippen LogP contribution >= 0.6 is 11.3 Å². The van der Waals surface area contributed by atoms with Gasteiger partial charge in [-0.25, -0.2) is 9.78 Å². The lowest BCUT2D eigenvalue weighted by atomic mass is 9.76. The van der Waals surface area contributed by atoms with Crippen LogP contribution in [0.15, 0.2) is 5.38 Å². The number of aliphatic hydroxyl groups is 1. The maximum atomic E-state index is 12.3. The van der Waals surface area contributed by atoms with Crippen molar-refractivity contribution in [2.45, 2.75) is 64.5 Å². The quantitative estimate of drug-likeness (QED) is 0.778. The molecular formula is C16H27N3O2S. The van der Waals surface area contributed by atoms with Gasteiger partial charge in [0, 0.05) is 11.1 Å². The summed E-state index contributed by atoms with van der Waals surface area (Å²) in [5.74, 6) is 0.342. The topological polar surface area (TPSA) is 74.2 Å². The fourth-order valence-corrected chi connectivity index (χ4v) is 3.94. The Labute approximate surface area is 136 Å². The van der Waals surface area contributed by atoms with Gasteiger partial charge in [-0.2, -0.15) is 0 Å². The Hall–Kier alpha value is -1.14. The molecule has 0 aliphatic heterocycles. The first-order valence-corrected chi connectivity index (χ1v) is 8.94. The number of aliphatic hydroxyl groups excluding tert-OH is 1. The molecule has 1 saturated carbocycles. The van der Waals surface area contributed by atoms with E-state index < -0.39 is 5.54 Å². The summed E-state index contributed by atoms with van der Waals surface area (Å²) in [5.41, 5.74) is 0.416. The molecule has 0 bridgehead atoms. The van der Waals surface area contributed by atoms with Crippen LogP contribution in [-0.4, -0.2) is 28.3 Å². The van der Waals surface area contributed by atoms with Crippen molar-refractivity contribution in [2.24, 2.45) is 5.92 Å². The van der Waals surface area contributed by atoms with Crippen LogP contribution in [0.25, 0.3) is 0 Å². The second kappa shape index (κ2) is 7.42. The molecule has 1 aliphatic rings. The predicted octanol–water partition coefficient (Wildman–Crippen LogP) is 3.14. The fraction of sp³-hybridized carbons (Fsp3) is 0.750. The summed E-state index contributed by atoms with van der Waals surface area (Å²) in [4.78, 5) is 16.7. The molecule has 2 atom stereocenters. The van der Waals surface area contributed by atoms with Gasteiger partial charge in [0.15, 0.2) is 0 Å². The molecule has 124 valence electrons. The molecule has 22 heavy (non-hydrogen) atoms. The third-order valence-electron chi connectivity index (χ3n) is 4.59. The van der Waals surface area contributed by atoms with E-state index in [1.165, 1.54) is 19.3 Å². The van der Waals surface area contributed by atoms with E-state index in [2.05, 4.69) is 15.6 Å². The molecule has 0 aromatic carbocycles. The molecule has 1 fully saturated rings. The maximum absolute atomic E-state index is 12.3. The first-order valence-electron chi connectivity index (χ1n) is 8.06. The van der Waals surface area contributed by atoms with Crippen molar-refractivity contribution in [1.29, 1.82) is 0 Å². The number of aromatic nitrogens is 1. The van der Waals surface area contributed by atoms with Crippen LogP contribution in [0, 0.1) is 12.8 Å². The molecule has 1 aromatic heterocycles. The molecule has 3 N–H and O–H groups in total. The molecule has 1 heterocycles. The van der Waals surface area contributed by atoms with Gasteiger partial charge in [-0.05, 0) is 39.5 Å². The van der Waals surface area contributed by atoms with Crippen LogP contribution in [-0.2, 0) is 0 Å². The molecule has 0 radical (unpaired) electrons. The predicted molar refractivity (Wildman–Crippen MR) is 89.0 cm³/mol. The van der Waals surface area contributed by atoms with Gasteiger partial charge >= 0.3 is 6.03 Å². The third-order valence-corrected chi connectivity index (χ3v) is 5.73. The van der Waals surface area contributed by atoms with Gasteiger partial charge in [0.2, 0.25) is 0 Å². The molecular weight excluding hydrogens is 298 g/mol. The van der Waals surface area contributed by atoms with Crippen molar-refractivity contribution in [3.8, 4) is 0 Å². The highest BCUT2D eigenvalue weighted by molar-refractivity contribution is 7.09. The number of carbonyl (C=O) groups excluding carboxylic acids is 1. The standard InChI is InChI=1S/C16H27N3O2S/c1-11-9-22-14(17-11)12(2)18-15(21)19-16(3,10-20)13-7-5-4-6-8-13/h9,12-13,20H,4-8,10H2,1-3H3,(H2,18,19,21). The van der Waals surface area contributed by atoms with E-state index in [0.717, 1.165) is 23.5 Å². The molecule has 2 rings (SSSR count). The van der Waals surface area contributed by atoms with E-state index in [9.17, 15) is 9.90 Å². The van der Waals surface area contributed by atoms with Gasteiger partial charge in [0.25, 0.3) is 0 Å². The van der Waals surface area contributed by atoms with Crippen LogP contribution in [0.3, 0.4) is 0 Å². The zero-order valence-corrected chi connectivity index (χ0v) is 14.5. The Morgan fingerprint density at radius 2 is 2.18 bits per heavy atom. The maximum Gasteiger partial charge on any atom is 0.315 e. The third kappa shape index (κ3) is 4.20. The number of rotatable bonds is 5. The van der Waals surface area contributed by atoms with E-state index in [0.29, 0.717) is 5.92 Å². The summed E-state index contributed by atoms with van der Waals surface area (Å²) in [6.45, 7) is 5.78. The molecule has 1 aromatic rings. The van der Waals surface area contributed by atoms with Gasteiger partial charge in [0.1, 0.15) is 5.01 Å². The number of thiazole rings is 1. The summed E-state index contributed by atoms with van der Waals surface area (Å²) in [6.07, 6.45) is 5.75. The largest absolute Gasteiger partial charge is 0.394 e. The van der Waals surface area contributed by atoms with E-state index in [-0.39, 0.29) is 18.7 Å². The van der Waals surface area contributed by atoms with E-state index in [4.69, 9.17) is 0 Å². The van der Waals surface area contributed by atoms with E-state index in [1.54, 1.807) is 11.3 Å². The van der Waals surface area contributed by atoms with Gasteiger partial charge < -0.3 is 15.7 Å². The van der Waals surface area contributed by atoms with Crippen LogP contribution in [0.1, 0.15) is 62.7 Å². The highest BCUT2D eigenvalue weighted by Crippen LogP contribution is 2.32. The Kier molecular flexibility index (Phi) is 5.81. The fourth-order valence-electron chi connectivity index (χ4n) is 3.14. The zero-order valence-electron chi connectivity index (χ0n) is 13.7. The molecule has 0 spiro atoms. The van der Waals surface area contributed by atoms with Crippen molar-refractivity contribution >= 4 is 17.4 Å². The van der Waals surface area contributed by atoms with Crippen molar-refractivity contribution in [3.63, 3.8) is 0 Å². The van der Waals surface area contributed by atoms with Gasteiger partial charge in [0.05, 0.1) is 18.2 Å². The Bertz CT molecular complexity index is 499. The first-order chi connectivity index (χ1) is 10.4. The highest BCUT2D eigenvalue weighted by atomic mass is 32.1. The summed E-state index contributed by atoms with van der Waals surface area (Å²) in [6, 6.07) is -0.365. The minimum Gasteiger partial charge on any atom is -0.394 e. The monoisotopic (exact) mass is 325 g/mol. The number of nitrogens with one attached hydrogen (secondary N) is 2. The molecule has 6 heteroatoms. The average molecular weight is 325 g/mol. The lowest BCUT2D eigenvalue weighted by Gasteiger charge is -2.39. The minimum atomic E-state index is -0.553. The van der Waals surface area contributed by atoms with Crippen molar-refractivity contribution in [3.05, 3.63) is 16.1 Å². The Morgan fingerprint density at radius 3 is 2.73 bits per heavy atom. The average Bonchev–Trinajstić information content (AvgIpc) is 2.94. The Balaban J connectivity index is 1.93. The molecule has 5 nitrogen and oxygen atoms in total. The number of hydrogen-bond acceptors (Lipinski definition) is 4. The molecule has 0 saturated heterocycles. The summed E-state index contributed by atoms with van der Waals surface area (Å²) < 4.78 is 0. The second-order valence-corrected chi connectivity index (χ2v) is 7.45. The van der Waals surface area contributed by atoms with Crippen LogP contribution in [0.4, 0.5) is 4.79 Å². The number of amides is 2. The number of urea groups is 1. The highest BCUT2D eigenvalue weighted by Gasteiger charge is 2.36. The van der Waals surface area contributed by atoms with E-state index >= 15 is 0 Å². The number of carbonyl (C=O) groups is 1. The molecule has 2 unspecified atom stereocenters. The zero-order chi connectivity index (χ0) is 16.2. The van der Waals surface area contributed by atoms with Crippen LogP contribution in [0.5, 0.6) is 0 Å². The van der Waals surface area contributed by atoms with Gasteiger partial charge in [-0.15, -0.1) is 11.3 Å². The normalized spacial score (nSPS) is 20.2. The number of aryl methyl sites for hydroxylation is 1. The molecule has 1 aliphatic carbocycles. The van der Waals surface area contributed by atoms with Gasteiger partial charge in [-0.3, -0.25) is 0 Å². The lowest BCUT2D eigenvalue weighted by Crippen LogP contribution is -2.57. The van der Waals surface area contributed by atoms with Crippen molar-refractivity contribution < 1.29 is 9.90 Å². The van der Waals surface area contributed by atoms with Crippen molar-refractivity contribution in [2.75, 3.05) is 6.61 Å². The summed E-state index contributed by atoms with van der Waals surface area (Å²) >= 11 is 1.55. The first kappa shape index (κ1) is 17.2. The summed E-state index contributed by atoms with van der Waals surface area (Å²) in [7, 11) is 0. The lowest BCUT2D eigenvalue weighted by molar-refractivity contribution is 0.101. The van der Waals surface area contributed by atoms with Crippen molar-refractivity contribution in [1.82, 2.24) is 15.6 Å². The minimum absolute atomic E-state index is 0.0319. The van der Waals surface area contributed by atoms with Crippen LogP contribution in [0.2, 0.25) is 0 Å². The summed E-state index contributed by atoms with van der Waals surface area (Å²) in [5, 5.41) is 18.6. The SMILES string of the molecule is Cc1csc(C(C)NC(=O)NC(C)(CO)C2CCCCC2)n1. The number of hydrogen-bond donors (Lipinski definition) is 3. The van der Waals surface area contributed by atoms with E-state index in [1.807, 2.05) is 26.2 Å². The van der Waals surface area contributed by atoms with Crippen LogP contribution < -0.4 is 10.6 Å². The van der Waals surface area contributed by atoms with Gasteiger partial charge in [-0.1, -0.05) is 19.3 Å².